The molecule has 0 atom stereocenters. The number of fused-ring (bicyclic) bond motifs is 1. The maximum atomic E-state index is 12.5. The standard InChI is InChI=1S/C22H19N3O2/c1-16-14-25-12-11-18(13-21(25)23-16)22(26)24-19-7-9-20(10-8-19)27-15-17-5-3-2-4-6-17/h2-14H,15H2,1H3,(H,24,26). The van der Waals surface area contributed by atoms with E-state index in [0.29, 0.717) is 17.9 Å². The van der Waals surface area contributed by atoms with Crippen molar-refractivity contribution in [3.8, 4) is 5.75 Å². The highest BCUT2D eigenvalue weighted by molar-refractivity contribution is 6.04. The molecule has 0 aliphatic carbocycles. The summed E-state index contributed by atoms with van der Waals surface area (Å²) in [6.45, 7) is 2.43. The van der Waals surface area contributed by atoms with Crippen LogP contribution in [0.15, 0.2) is 79.1 Å². The topological polar surface area (TPSA) is 55.6 Å². The van der Waals surface area contributed by atoms with Crippen LogP contribution in [0.2, 0.25) is 0 Å². The number of benzene rings is 2. The van der Waals surface area contributed by atoms with Gasteiger partial charge in [0.25, 0.3) is 5.91 Å². The van der Waals surface area contributed by atoms with E-state index in [1.807, 2.05) is 78.3 Å². The summed E-state index contributed by atoms with van der Waals surface area (Å²) in [7, 11) is 0. The summed E-state index contributed by atoms with van der Waals surface area (Å²) in [5, 5.41) is 2.90. The second-order valence-electron chi connectivity index (χ2n) is 6.32. The van der Waals surface area contributed by atoms with Gasteiger partial charge in [-0.15, -0.1) is 0 Å². The Hall–Kier alpha value is -3.60. The van der Waals surface area contributed by atoms with Gasteiger partial charge in [0, 0.05) is 23.6 Å². The van der Waals surface area contributed by atoms with Crippen LogP contribution in [0, 0.1) is 6.92 Å². The minimum atomic E-state index is -0.170. The lowest BCUT2D eigenvalue weighted by molar-refractivity contribution is 0.102. The third kappa shape index (κ3) is 3.98. The molecule has 2 aromatic carbocycles. The summed E-state index contributed by atoms with van der Waals surface area (Å²) in [4.78, 5) is 16.9. The van der Waals surface area contributed by atoms with Gasteiger partial charge >= 0.3 is 0 Å². The maximum absolute atomic E-state index is 12.5. The number of pyridine rings is 1. The smallest absolute Gasteiger partial charge is 0.255 e. The Labute approximate surface area is 157 Å². The van der Waals surface area contributed by atoms with Crippen LogP contribution in [0.3, 0.4) is 0 Å². The van der Waals surface area contributed by atoms with Crippen LogP contribution in [0.5, 0.6) is 5.75 Å². The molecule has 0 saturated carbocycles. The van der Waals surface area contributed by atoms with Crippen LogP contribution in [-0.4, -0.2) is 15.3 Å². The molecule has 134 valence electrons. The average Bonchev–Trinajstić information content (AvgIpc) is 3.07. The van der Waals surface area contributed by atoms with E-state index in [1.54, 1.807) is 12.1 Å². The van der Waals surface area contributed by atoms with Gasteiger partial charge in [0.1, 0.15) is 18.0 Å². The van der Waals surface area contributed by atoms with Crippen molar-refractivity contribution in [1.82, 2.24) is 9.38 Å². The molecule has 0 spiro atoms. The predicted molar refractivity (Wildman–Crippen MR) is 105 cm³/mol. The molecule has 2 heterocycles. The van der Waals surface area contributed by atoms with E-state index in [1.165, 1.54) is 0 Å². The monoisotopic (exact) mass is 357 g/mol. The highest BCUT2D eigenvalue weighted by atomic mass is 16.5. The first kappa shape index (κ1) is 16.8. The Morgan fingerprint density at radius 3 is 2.63 bits per heavy atom. The molecule has 4 aromatic rings. The first-order valence-corrected chi connectivity index (χ1v) is 8.71. The number of ether oxygens (including phenoxy) is 1. The Bertz CT molecular complexity index is 1070. The third-order valence-corrected chi connectivity index (χ3v) is 4.20. The van der Waals surface area contributed by atoms with Crippen molar-refractivity contribution in [2.75, 3.05) is 5.32 Å². The Morgan fingerprint density at radius 2 is 1.85 bits per heavy atom. The molecule has 0 fully saturated rings. The van der Waals surface area contributed by atoms with Gasteiger partial charge in [-0.2, -0.15) is 0 Å². The van der Waals surface area contributed by atoms with E-state index in [-0.39, 0.29) is 5.91 Å². The largest absolute Gasteiger partial charge is 0.489 e. The van der Waals surface area contributed by atoms with Crippen molar-refractivity contribution >= 4 is 17.2 Å². The Balaban J connectivity index is 1.40. The highest BCUT2D eigenvalue weighted by Gasteiger charge is 2.08. The second-order valence-corrected chi connectivity index (χ2v) is 6.32. The second kappa shape index (κ2) is 7.33. The molecular weight excluding hydrogens is 338 g/mol. The molecule has 0 unspecified atom stereocenters. The van der Waals surface area contributed by atoms with E-state index < -0.39 is 0 Å². The molecule has 1 amide bonds. The first-order chi connectivity index (χ1) is 13.2. The normalized spacial score (nSPS) is 10.7. The number of imidazole rings is 1. The van der Waals surface area contributed by atoms with Crippen molar-refractivity contribution in [2.24, 2.45) is 0 Å². The molecule has 5 heteroatoms. The minimum Gasteiger partial charge on any atom is -0.489 e. The van der Waals surface area contributed by atoms with E-state index >= 15 is 0 Å². The van der Waals surface area contributed by atoms with Crippen molar-refractivity contribution in [3.63, 3.8) is 0 Å². The van der Waals surface area contributed by atoms with Crippen LogP contribution in [0.25, 0.3) is 5.65 Å². The number of hydrogen-bond acceptors (Lipinski definition) is 3. The molecule has 0 radical (unpaired) electrons. The van der Waals surface area contributed by atoms with Crippen LogP contribution in [0.4, 0.5) is 5.69 Å². The van der Waals surface area contributed by atoms with Crippen molar-refractivity contribution < 1.29 is 9.53 Å². The van der Waals surface area contributed by atoms with Crippen molar-refractivity contribution in [2.45, 2.75) is 13.5 Å². The zero-order valence-electron chi connectivity index (χ0n) is 14.9. The number of nitrogens with zero attached hydrogens (tertiary/aromatic N) is 2. The van der Waals surface area contributed by atoms with E-state index in [2.05, 4.69) is 10.3 Å². The fourth-order valence-electron chi connectivity index (χ4n) is 2.83. The molecule has 27 heavy (non-hydrogen) atoms. The highest BCUT2D eigenvalue weighted by Crippen LogP contribution is 2.18. The van der Waals surface area contributed by atoms with Gasteiger partial charge in [0.05, 0.1) is 5.69 Å². The Morgan fingerprint density at radius 1 is 1.07 bits per heavy atom. The zero-order chi connectivity index (χ0) is 18.6. The number of hydrogen-bond donors (Lipinski definition) is 1. The maximum Gasteiger partial charge on any atom is 0.255 e. The zero-order valence-corrected chi connectivity index (χ0v) is 14.9. The van der Waals surface area contributed by atoms with Gasteiger partial charge in [-0.1, -0.05) is 30.3 Å². The van der Waals surface area contributed by atoms with Crippen LogP contribution in [-0.2, 0) is 6.61 Å². The van der Waals surface area contributed by atoms with E-state index in [9.17, 15) is 4.79 Å². The van der Waals surface area contributed by atoms with Gasteiger partial charge in [-0.25, -0.2) is 4.98 Å². The number of carbonyl (C=O) groups excluding carboxylic acids is 1. The van der Waals surface area contributed by atoms with Gasteiger partial charge in [0.2, 0.25) is 0 Å². The molecule has 0 aliphatic rings. The van der Waals surface area contributed by atoms with Crippen LogP contribution in [0.1, 0.15) is 21.6 Å². The molecule has 0 saturated heterocycles. The number of rotatable bonds is 5. The third-order valence-electron chi connectivity index (χ3n) is 4.20. The molecule has 1 N–H and O–H groups in total. The van der Waals surface area contributed by atoms with Crippen LogP contribution >= 0.6 is 0 Å². The quantitative estimate of drug-likeness (QED) is 0.573. The van der Waals surface area contributed by atoms with E-state index in [4.69, 9.17) is 4.74 Å². The summed E-state index contributed by atoms with van der Waals surface area (Å²) in [6.07, 6.45) is 3.76. The molecule has 4 rings (SSSR count). The summed E-state index contributed by atoms with van der Waals surface area (Å²) in [6, 6.07) is 20.9. The summed E-state index contributed by atoms with van der Waals surface area (Å²) in [5.74, 6) is 0.585. The average molecular weight is 357 g/mol. The number of amides is 1. The lowest BCUT2D eigenvalue weighted by Crippen LogP contribution is -2.12. The lowest BCUT2D eigenvalue weighted by Gasteiger charge is -2.09. The summed E-state index contributed by atoms with van der Waals surface area (Å²) >= 11 is 0. The molecule has 0 bridgehead atoms. The number of anilines is 1. The summed E-state index contributed by atoms with van der Waals surface area (Å²) in [5.41, 5.74) is 4.06. The van der Waals surface area contributed by atoms with Gasteiger partial charge < -0.3 is 14.5 Å². The van der Waals surface area contributed by atoms with Gasteiger partial charge in [-0.05, 0) is 48.9 Å². The van der Waals surface area contributed by atoms with Crippen molar-refractivity contribution in [3.05, 3.63) is 95.9 Å². The number of aromatic nitrogens is 2. The lowest BCUT2D eigenvalue weighted by atomic mass is 10.2. The number of carbonyl (C=O) groups is 1. The molecular formula is C22H19N3O2. The number of nitrogens with one attached hydrogen (secondary N) is 1. The van der Waals surface area contributed by atoms with Gasteiger partial charge in [0.15, 0.2) is 0 Å². The van der Waals surface area contributed by atoms with Crippen LogP contribution < -0.4 is 10.1 Å². The van der Waals surface area contributed by atoms with Gasteiger partial charge in [-0.3, -0.25) is 4.79 Å². The first-order valence-electron chi connectivity index (χ1n) is 8.71. The fraction of sp³-hybridized carbons (Fsp3) is 0.0909. The van der Waals surface area contributed by atoms with Crippen molar-refractivity contribution in [1.29, 1.82) is 0 Å². The summed E-state index contributed by atoms with van der Waals surface area (Å²) < 4.78 is 7.66. The molecule has 5 nitrogen and oxygen atoms in total. The number of aryl methyl sites for hydroxylation is 1. The fourth-order valence-corrected chi connectivity index (χ4v) is 2.83. The Kier molecular flexibility index (Phi) is 4.58. The molecule has 2 aromatic heterocycles. The SMILES string of the molecule is Cc1cn2ccc(C(=O)Nc3ccc(OCc4ccccc4)cc3)cc2n1. The predicted octanol–water partition coefficient (Wildman–Crippen LogP) is 4.47. The van der Waals surface area contributed by atoms with E-state index in [0.717, 1.165) is 22.7 Å². The minimum absolute atomic E-state index is 0.170. The molecule has 0 aliphatic heterocycles.